The molecule has 28 heavy (non-hydrogen) atoms. The lowest BCUT2D eigenvalue weighted by molar-refractivity contribution is 0.0947. The molecule has 2 heterocycles. The Balaban J connectivity index is 1.33. The van der Waals surface area contributed by atoms with Crippen LogP contribution in [-0.2, 0) is 13.0 Å². The third-order valence-corrected chi connectivity index (χ3v) is 5.14. The summed E-state index contributed by atoms with van der Waals surface area (Å²) in [6, 6.07) is 20.0. The molecule has 0 saturated carbocycles. The second-order valence-electron chi connectivity index (χ2n) is 7.19. The van der Waals surface area contributed by atoms with Gasteiger partial charge >= 0.3 is 0 Å². The summed E-state index contributed by atoms with van der Waals surface area (Å²) in [4.78, 5) is 14.9. The number of fused-ring (bicyclic) bond motifs is 1. The molecule has 1 aliphatic heterocycles. The van der Waals surface area contributed by atoms with Gasteiger partial charge in [-0.1, -0.05) is 36.4 Å². The summed E-state index contributed by atoms with van der Waals surface area (Å²) in [5, 5.41) is 11.3. The van der Waals surface area contributed by atoms with E-state index in [0.29, 0.717) is 12.1 Å². The van der Waals surface area contributed by atoms with Crippen molar-refractivity contribution in [2.75, 3.05) is 19.6 Å². The van der Waals surface area contributed by atoms with E-state index in [1.165, 1.54) is 11.1 Å². The standard InChI is InChI=1S/C23H24N4O/c1-17-9-10-22(26-25-17)19-7-4-8-20(15-19)23(28)24-12-14-27-13-11-18-5-2-3-6-21(18)16-27/h2-10,15H,11-14,16H2,1H3,(H,24,28). The van der Waals surface area contributed by atoms with Crippen molar-refractivity contribution in [3.05, 3.63) is 83.0 Å². The highest BCUT2D eigenvalue weighted by Crippen LogP contribution is 2.19. The highest BCUT2D eigenvalue weighted by Gasteiger charge is 2.15. The number of carbonyl (C=O) groups is 1. The average Bonchev–Trinajstić information content (AvgIpc) is 2.74. The van der Waals surface area contributed by atoms with Gasteiger partial charge in [0, 0.05) is 37.3 Å². The lowest BCUT2D eigenvalue weighted by Crippen LogP contribution is -2.37. The number of aromatic nitrogens is 2. The molecule has 3 aromatic rings. The minimum Gasteiger partial charge on any atom is -0.351 e. The Morgan fingerprint density at radius 3 is 2.71 bits per heavy atom. The molecule has 0 saturated heterocycles. The third-order valence-electron chi connectivity index (χ3n) is 5.14. The molecular weight excluding hydrogens is 348 g/mol. The molecule has 0 bridgehead atoms. The maximum absolute atomic E-state index is 12.6. The van der Waals surface area contributed by atoms with Crippen molar-refractivity contribution in [2.24, 2.45) is 0 Å². The number of carbonyl (C=O) groups excluding carboxylic acids is 1. The Bertz CT molecular complexity index is 968. The van der Waals surface area contributed by atoms with Crippen molar-refractivity contribution < 1.29 is 4.79 Å². The van der Waals surface area contributed by atoms with Crippen LogP contribution in [0.2, 0.25) is 0 Å². The van der Waals surface area contributed by atoms with Gasteiger partial charge in [-0.15, -0.1) is 0 Å². The summed E-state index contributed by atoms with van der Waals surface area (Å²) < 4.78 is 0. The first-order chi connectivity index (χ1) is 13.7. The molecule has 2 aromatic carbocycles. The topological polar surface area (TPSA) is 58.1 Å². The molecule has 5 heteroatoms. The van der Waals surface area contributed by atoms with Crippen molar-refractivity contribution in [3.63, 3.8) is 0 Å². The van der Waals surface area contributed by atoms with Gasteiger partial charge in [0.25, 0.3) is 5.91 Å². The molecule has 4 rings (SSSR count). The van der Waals surface area contributed by atoms with Crippen LogP contribution in [0.1, 0.15) is 27.2 Å². The summed E-state index contributed by atoms with van der Waals surface area (Å²) >= 11 is 0. The predicted octanol–water partition coefficient (Wildman–Crippen LogP) is 3.24. The number of hydrogen-bond acceptors (Lipinski definition) is 4. The molecule has 0 fully saturated rings. The van der Waals surface area contributed by atoms with Gasteiger partial charge in [0.2, 0.25) is 0 Å². The van der Waals surface area contributed by atoms with Crippen molar-refractivity contribution in [3.8, 4) is 11.3 Å². The Morgan fingerprint density at radius 1 is 1.04 bits per heavy atom. The SMILES string of the molecule is Cc1ccc(-c2cccc(C(=O)NCCN3CCc4ccccc4C3)c2)nn1. The van der Waals surface area contributed by atoms with E-state index in [0.717, 1.165) is 43.0 Å². The first kappa shape index (κ1) is 18.3. The molecule has 1 amide bonds. The number of amides is 1. The van der Waals surface area contributed by atoms with E-state index >= 15 is 0 Å². The Labute approximate surface area is 165 Å². The van der Waals surface area contributed by atoms with E-state index in [-0.39, 0.29) is 5.91 Å². The van der Waals surface area contributed by atoms with Gasteiger partial charge in [-0.05, 0) is 48.7 Å². The Kier molecular flexibility index (Phi) is 5.44. The molecule has 1 aliphatic rings. The minimum atomic E-state index is -0.0562. The zero-order valence-electron chi connectivity index (χ0n) is 16.1. The molecule has 1 N–H and O–H groups in total. The normalized spacial score (nSPS) is 13.8. The van der Waals surface area contributed by atoms with Gasteiger partial charge in [-0.3, -0.25) is 9.69 Å². The van der Waals surface area contributed by atoms with Crippen LogP contribution in [0.15, 0.2) is 60.7 Å². The van der Waals surface area contributed by atoms with E-state index < -0.39 is 0 Å². The maximum Gasteiger partial charge on any atom is 0.251 e. The van der Waals surface area contributed by atoms with Gasteiger partial charge in [0.15, 0.2) is 0 Å². The number of nitrogens with zero attached hydrogens (tertiary/aromatic N) is 3. The van der Waals surface area contributed by atoms with Crippen LogP contribution in [0.3, 0.4) is 0 Å². The lowest BCUT2D eigenvalue weighted by Gasteiger charge is -2.28. The molecule has 0 aliphatic carbocycles. The quantitative estimate of drug-likeness (QED) is 0.747. The van der Waals surface area contributed by atoms with E-state index in [4.69, 9.17) is 0 Å². The summed E-state index contributed by atoms with van der Waals surface area (Å²) in [5.41, 5.74) is 6.02. The Hall–Kier alpha value is -3.05. The van der Waals surface area contributed by atoms with Crippen LogP contribution in [-0.4, -0.2) is 40.6 Å². The van der Waals surface area contributed by atoms with Crippen LogP contribution in [0, 0.1) is 6.92 Å². The summed E-state index contributed by atoms with van der Waals surface area (Å²) in [7, 11) is 0. The van der Waals surface area contributed by atoms with Crippen molar-refractivity contribution in [1.82, 2.24) is 20.4 Å². The van der Waals surface area contributed by atoms with Crippen LogP contribution in [0.5, 0.6) is 0 Å². The first-order valence-corrected chi connectivity index (χ1v) is 9.67. The number of hydrogen-bond donors (Lipinski definition) is 1. The van der Waals surface area contributed by atoms with Gasteiger partial charge in [0.05, 0.1) is 11.4 Å². The van der Waals surface area contributed by atoms with Crippen LogP contribution in [0.4, 0.5) is 0 Å². The van der Waals surface area contributed by atoms with Gasteiger partial charge < -0.3 is 5.32 Å². The highest BCUT2D eigenvalue weighted by molar-refractivity contribution is 5.95. The molecule has 1 aromatic heterocycles. The molecule has 0 radical (unpaired) electrons. The number of rotatable bonds is 5. The van der Waals surface area contributed by atoms with E-state index in [2.05, 4.69) is 44.7 Å². The Morgan fingerprint density at radius 2 is 1.89 bits per heavy atom. The second kappa shape index (κ2) is 8.31. The van der Waals surface area contributed by atoms with Crippen molar-refractivity contribution >= 4 is 5.91 Å². The molecule has 0 atom stereocenters. The fraction of sp³-hybridized carbons (Fsp3) is 0.261. The van der Waals surface area contributed by atoms with Crippen molar-refractivity contribution in [2.45, 2.75) is 19.9 Å². The third kappa shape index (κ3) is 4.26. The summed E-state index contributed by atoms with van der Waals surface area (Å²) in [5.74, 6) is -0.0562. The molecule has 0 spiro atoms. The van der Waals surface area contributed by atoms with E-state index in [9.17, 15) is 4.79 Å². The number of aryl methyl sites for hydroxylation is 1. The summed E-state index contributed by atoms with van der Waals surface area (Å²) in [6.07, 6.45) is 1.07. The fourth-order valence-electron chi connectivity index (χ4n) is 3.55. The average molecular weight is 372 g/mol. The number of benzene rings is 2. The minimum absolute atomic E-state index is 0.0562. The summed E-state index contributed by atoms with van der Waals surface area (Å²) in [6.45, 7) is 5.38. The molecule has 142 valence electrons. The van der Waals surface area contributed by atoms with Crippen LogP contribution < -0.4 is 5.32 Å². The van der Waals surface area contributed by atoms with E-state index in [1.807, 2.05) is 43.3 Å². The molecule has 5 nitrogen and oxygen atoms in total. The highest BCUT2D eigenvalue weighted by atomic mass is 16.1. The zero-order valence-corrected chi connectivity index (χ0v) is 16.1. The largest absolute Gasteiger partial charge is 0.351 e. The first-order valence-electron chi connectivity index (χ1n) is 9.67. The zero-order chi connectivity index (χ0) is 19.3. The number of nitrogens with one attached hydrogen (secondary N) is 1. The van der Waals surface area contributed by atoms with Gasteiger partial charge in [-0.2, -0.15) is 10.2 Å². The lowest BCUT2D eigenvalue weighted by atomic mass is 10.00. The van der Waals surface area contributed by atoms with E-state index in [1.54, 1.807) is 0 Å². The molecular formula is C23H24N4O. The van der Waals surface area contributed by atoms with Crippen LogP contribution in [0.25, 0.3) is 11.3 Å². The fourth-order valence-corrected chi connectivity index (χ4v) is 3.55. The maximum atomic E-state index is 12.6. The van der Waals surface area contributed by atoms with Crippen LogP contribution >= 0.6 is 0 Å². The smallest absolute Gasteiger partial charge is 0.251 e. The van der Waals surface area contributed by atoms with Gasteiger partial charge in [-0.25, -0.2) is 0 Å². The monoisotopic (exact) mass is 372 g/mol. The second-order valence-corrected chi connectivity index (χ2v) is 7.19. The van der Waals surface area contributed by atoms with Crippen molar-refractivity contribution in [1.29, 1.82) is 0 Å². The molecule has 0 unspecified atom stereocenters. The predicted molar refractivity (Wildman–Crippen MR) is 110 cm³/mol. The van der Waals surface area contributed by atoms with Gasteiger partial charge in [0.1, 0.15) is 0 Å².